The molecule has 0 saturated heterocycles. The normalized spacial score (nSPS) is 10.6. The Bertz CT molecular complexity index is 518. The van der Waals surface area contributed by atoms with Crippen LogP contribution in [-0.4, -0.2) is 37.5 Å². The number of aryl methyl sites for hydroxylation is 2. The van der Waals surface area contributed by atoms with Gasteiger partial charge in [0.25, 0.3) is 0 Å². The van der Waals surface area contributed by atoms with Crippen molar-refractivity contribution in [2.75, 3.05) is 6.61 Å². The van der Waals surface area contributed by atoms with Gasteiger partial charge in [-0.2, -0.15) is 10.2 Å². The summed E-state index contributed by atoms with van der Waals surface area (Å²) < 4.78 is 6.70. The largest absolute Gasteiger partial charge is 0.466 e. The van der Waals surface area contributed by atoms with Gasteiger partial charge in [0.2, 0.25) is 0 Å². The van der Waals surface area contributed by atoms with Gasteiger partial charge < -0.3 is 4.74 Å². The van der Waals surface area contributed by atoms with Crippen LogP contribution in [0, 0.1) is 6.92 Å². The third-order valence-corrected chi connectivity index (χ3v) is 2.37. The SMILES string of the molecule is CC(=O)OCCCn1nc(C)cc1-c1nc[nH]n1. The lowest BCUT2D eigenvalue weighted by molar-refractivity contribution is -0.141. The van der Waals surface area contributed by atoms with E-state index in [2.05, 4.69) is 20.3 Å². The first kappa shape index (κ1) is 12.3. The first-order valence-electron chi connectivity index (χ1n) is 5.71. The third kappa shape index (κ3) is 2.93. The van der Waals surface area contributed by atoms with Crippen molar-refractivity contribution in [3.05, 3.63) is 18.1 Å². The van der Waals surface area contributed by atoms with Gasteiger partial charge in [0.15, 0.2) is 5.82 Å². The molecular weight excluding hydrogens is 234 g/mol. The number of ether oxygens (including phenoxy) is 1. The summed E-state index contributed by atoms with van der Waals surface area (Å²) >= 11 is 0. The molecule has 2 heterocycles. The van der Waals surface area contributed by atoms with Crippen molar-refractivity contribution in [1.29, 1.82) is 0 Å². The molecule has 96 valence electrons. The van der Waals surface area contributed by atoms with Gasteiger partial charge in [-0.25, -0.2) is 4.98 Å². The summed E-state index contributed by atoms with van der Waals surface area (Å²) in [5.41, 5.74) is 1.76. The number of hydrogen-bond acceptors (Lipinski definition) is 5. The van der Waals surface area contributed by atoms with E-state index in [9.17, 15) is 4.79 Å². The molecule has 0 unspecified atom stereocenters. The van der Waals surface area contributed by atoms with Crippen LogP contribution in [0.15, 0.2) is 12.4 Å². The lowest BCUT2D eigenvalue weighted by Gasteiger charge is -2.05. The van der Waals surface area contributed by atoms with Gasteiger partial charge >= 0.3 is 5.97 Å². The molecule has 7 heteroatoms. The van der Waals surface area contributed by atoms with Crippen molar-refractivity contribution in [2.24, 2.45) is 0 Å². The van der Waals surface area contributed by atoms with E-state index >= 15 is 0 Å². The van der Waals surface area contributed by atoms with Crippen molar-refractivity contribution < 1.29 is 9.53 Å². The zero-order chi connectivity index (χ0) is 13.0. The maximum Gasteiger partial charge on any atom is 0.302 e. The van der Waals surface area contributed by atoms with Gasteiger partial charge in [0.1, 0.15) is 12.0 Å². The Morgan fingerprint density at radius 1 is 1.56 bits per heavy atom. The van der Waals surface area contributed by atoms with E-state index in [1.807, 2.05) is 17.7 Å². The number of aromatic nitrogens is 5. The van der Waals surface area contributed by atoms with Crippen LogP contribution < -0.4 is 0 Å². The fourth-order valence-corrected chi connectivity index (χ4v) is 1.66. The summed E-state index contributed by atoms with van der Waals surface area (Å²) in [6.45, 7) is 4.36. The average Bonchev–Trinajstić information content (AvgIpc) is 2.93. The van der Waals surface area contributed by atoms with Gasteiger partial charge in [-0.15, -0.1) is 0 Å². The molecule has 0 spiro atoms. The van der Waals surface area contributed by atoms with Crippen molar-refractivity contribution >= 4 is 5.97 Å². The number of carbonyl (C=O) groups excluding carboxylic acids is 1. The minimum atomic E-state index is -0.263. The number of carbonyl (C=O) groups is 1. The Morgan fingerprint density at radius 2 is 2.39 bits per heavy atom. The van der Waals surface area contributed by atoms with E-state index in [-0.39, 0.29) is 5.97 Å². The number of H-pyrrole nitrogens is 1. The van der Waals surface area contributed by atoms with Crippen LogP contribution >= 0.6 is 0 Å². The van der Waals surface area contributed by atoms with E-state index < -0.39 is 0 Å². The summed E-state index contributed by atoms with van der Waals surface area (Å²) in [7, 11) is 0. The molecule has 2 aromatic rings. The summed E-state index contributed by atoms with van der Waals surface area (Å²) in [5, 5.41) is 11.1. The summed E-state index contributed by atoms with van der Waals surface area (Å²) in [6, 6.07) is 1.93. The molecule has 18 heavy (non-hydrogen) atoms. The number of esters is 1. The number of hydrogen-bond donors (Lipinski definition) is 1. The van der Waals surface area contributed by atoms with Crippen molar-refractivity contribution in [3.63, 3.8) is 0 Å². The summed E-state index contributed by atoms with van der Waals surface area (Å²) in [4.78, 5) is 14.7. The molecule has 0 aliphatic carbocycles. The smallest absolute Gasteiger partial charge is 0.302 e. The molecule has 0 aliphatic heterocycles. The van der Waals surface area contributed by atoms with E-state index in [1.165, 1.54) is 13.3 Å². The standard InChI is InChI=1S/C11H15N5O2/c1-8-6-10(11-12-7-13-14-11)16(15-8)4-3-5-18-9(2)17/h6-7H,3-5H2,1-2H3,(H,12,13,14). The quantitative estimate of drug-likeness (QED) is 0.629. The minimum absolute atomic E-state index is 0.263. The molecule has 0 aromatic carbocycles. The Kier molecular flexibility index (Phi) is 3.71. The topological polar surface area (TPSA) is 85.7 Å². The van der Waals surface area contributed by atoms with Crippen LogP contribution in [0.25, 0.3) is 11.5 Å². The van der Waals surface area contributed by atoms with E-state index in [1.54, 1.807) is 0 Å². The molecule has 0 aliphatic rings. The lowest BCUT2D eigenvalue weighted by atomic mass is 10.3. The average molecular weight is 249 g/mol. The van der Waals surface area contributed by atoms with Crippen LogP contribution in [-0.2, 0) is 16.1 Å². The molecule has 0 saturated carbocycles. The van der Waals surface area contributed by atoms with Crippen LogP contribution in [0.5, 0.6) is 0 Å². The Hall–Kier alpha value is -2.18. The second-order valence-corrected chi connectivity index (χ2v) is 3.91. The highest BCUT2D eigenvalue weighted by atomic mass is 16.5. The van der Waals surface area contributed by atoms with E-state index in [0.29, 0.717) is 25.4 Å². The molecule has 2 aromatic heterocycles. The molecule has 0 fully saturated rings. The number of nitrogens with one attached hydrogen (secondary N) is 1. The number of aromatic amines is 1. The van der Waals surface area contributed by atoms with Gasteiger partial charge in [-0.05, 0) is 13.0 Å². The Morgan fingerprint density at radius 3 is 3.06 bits per heavy atom. The third-order valence-electron chi connectivity index (χ3n) is 2.37. The molecule has 7 nitrogen and oxygen atoms in total. The first-order valence-corrected chi connectivity index (χ1v) is 5.71. The monoisotopic (exact) mass is 249 g/mol. The molecular formula is C11H15N5O2. The molecule has 2 rings (SSSR count). The van der Waals surface area contributed by atoms with Crippen molar-refractivity contribution in [1.82, 2.24) is 25.0 Å². The Labute approximate surface area is 104 Å². The Balaban J connectivity index is 2.02. The van der Waals surface area contributed by atoms with E-state index in [0.717, 1.165) is 11.4 Å². The molecule has 0 radical (unpaired) electrons. The molecule has 1 N–H and O–H groups in total. The van der Waals surface area contributed by atoms with E-state index in [4.69, 9.17) is 4.74 Å². The number of rotatable bonds is 5. The fourth-order valence-electron chi connectivity index (χ4n) is 1.66. The minimum Gasteiger partial charge on any atom is -0.466 e. The number of nitrogens with zero attached hydrogens (tertiary/aromatic N) is 4. The second kappa shape index (κ2) is 5.44. The molecule has 0 atom stereocenters. The zero-order valence-electron chi connectivity index (χ0n) is 10.4. The highest BCUT2D eigenvalue weighted by Crippen LogP contribution is 2.15. The molecule has 0 bridgehead atoms. The predicted molar refractivity (Wildman–Crippen MR) is 63.6 cm³/mol. The highest BCUT2D eigenvalue weighted by molar-refractivity contribution is 5.65. The van der Waals surface area contributed by atoms with Crippen LogP contribution in [0.4, 0.5) is 0 Å². The van der Waals surface area contributed by atoms with Crippen molar-refractivity contribution in [3.8, 4) is 11.5 Å². The first-order chi connectivity index (χ1) is 8.66. The maximum absolute atomic E-state index is 10.6. The van der Waals surface area contributed by atoms with Gasteiger partial charge in [0, 0.05) is 19.9 Å². The lowest BCUT2D eigenvalue weighted by Crippen LogP contribution is -2.08. The summed E-state index contributed by atoms with van der Waals surface area (Å²) in [6.07, 6.45) is 2.24. The van der Waals surface area contributed by atoms with Crippen molar-refractivity contribution in [2.45, 2.75) is 26.8 Å². The van der Waals surface area contributed by atoms with Crippen LogP contribution in [0.1, 0.15) is 19.0 Å². The van der Waals surface area contributed by atoms with Gasteiger partial charge in [-0.1, -0.05) is 0 Å². The summed E-state index contributed by atoms with van der Waals surface area (Å²) in [5.74, 6) is 0.351. The van der Waals surface area contributed by atoms with Gasteiger partial charge in [-0.3, -0.25) is 14.6 Å². The second-order valence-electron chi connectivity index (χ2n) is 3.91. The van der Waals surface area contributed by atoms with Crippen LogP contribution in [0.2, 0.25) is 0 Å². The maximum atomic E-state index is 10.6. The predicted octanol–water partition coefficient (Wildman–Crippen LogP) is 0.930. The zero-order valence-corrected chi connectivity index (χ0v) is 10.4. The fraction of sp³-hybridized carbons (Fsp3) is 0.455. The van der Waals surface area contributed by atoms with Crippen LogP contribution in [0.3, 0.4) is 0 Å². The highest BCUT2D eigenvalue weighted by Gasteiger charge is 2.10. The molecule has 0 amide bonds. The van der Waals surface area contributed by atoms with Gasteiger partial charge in [0.05, 0.1) is 12.3 Å².